The van der Waals surface area contributed by atoms with Gasteiger partial charge >= 0.3 is 11.9 Å². The van der Waals surface area contributed by atoms with Crippen LogP contribution in [0.15, 0.2) is 29.1 Å². The van der Waals surface area contributed by atoms with Crippen molar-refractivity contribution in [2.75, 3.05) is 41.9 Å². The summed E-state index contributed by atoms with van der Waals surface area (Å²) in [5, 5.41) is 30.0. The van der Waals surface area contributed by atoms with Gasteiger partial charge in [0.1, 0.15) is 11.7 Å². The molecule has 9 N–H and O–H groups in total. The Kier molecular flexibility index (Phi) is 7.53. The Bertz CT molecular complexity index is 1120. The van der Waals surface area contributed by atoms with E-state index in [-0.39, 0.29) is 23.1 Å². The standard InChI is InChI=1S/C20H25N7O7/c1-34-13(19(32)33)6-12(18(30)31)25-16(28)9-2-4-10(5-3-9)22-7-11-8-23-15-14(24-11)17(29)27-20(21)26-15/h2-5,11-13,22,24H,6-8H2,1H3,(H,25,28)(H,30,31)(H,32,33)(H4,21,23,26,27,29). The maximum absolute atomic E-state index is 12.4. The van der Waals surface area contributed by atoms with Crippen molar-refractivity contribution in [2.45, 2.75) is 24.6 Å². The molecule has 3 rings (SSSR count). The summed E-state index contributed by atoms with van der Waals surface area (Å²) < 4.78 is 4.74. The lowest BCUT2D eigenvalue weighted by Crippen LogP contribution is -2.44. The lowest BCUT2D eigenvalue weighted by Gasteiger charge is -2.27. The van der Waals surface area contributed by atoms with E-state index in [1.807, 2.05) is 0 Å². The summed E-state index contributed by atoms with van der Waals surface area (Å²) in [6.07, 6.45) is -1.80. The number of hydrogen-bond acceptors (Lipinski definition) is 10. The monoisotopic (exact) mass is 475 g/mol. The van der Waals surface area contributed by atoms with Gasteiger partial charge in [-0.15, -0.1) is 0 Å². The van der Waals surface area contributed by atoms with Crippen molar-refractivity contribution in [1.82, 2.24) is 15.3 Å². The van der Waals surface area contributed by atoms with Crippen LogP contribution in [0.3, 0.4) is 0 Å². The smallest absolute Gasteiger partial charge is 0.332 e. The first-order chi connectivity index (χ1) is 16.2. The second-order valence-electron chi connectivity index (χ2n) is 7.52. The molecular weight excluding hydrogens is 450 g/mol. The molecule has 34 heavy (non-hydrogen) atoms. The van der Waals surface area contributed by atoms with E-state index < -0.39 is 36.4 Å². The van der Waals surface area contributed by atoms with Crippen LogP contribution in [0.1, 0.15) is 16.8 Å². The SMILES string of the molecule is COC(CC(NC(=O)c1ccc(NCC2CNc3nc(N)[nH]c(=O)c3N2)cc1)C(=O)O)C(=O)O. The Morgan fingerprint density at radius 3 is 2.56 bits per heavy atom. The molecule has 1 aliphatic heterocycles. The fourth-order valence-electron chi connectivity index (χ4n) is 3.31. The van der Waals surface area contributed by atoms with Gasteiger partial charge in [-0.1, -0.05) is 0 Å². The summed E-state index contributed by atoms with van der Waals surface area (Å²) >= 11 is 0. The van der Waals surface area contributed by atoms with Crippen LogP contribution in [-0.2, 0) is 14.3 Å². The lowest BCUT2D eigenvalue weighted by atomic mass is 10.1. The van der Waals surface area contributed by atoms with E-state index in [9.17, 15) is 24.3 Å². The zero-order valence-corrected chi connectivity index (χ0v) is 18.1. The van der Waals surface area contributed by atoms with E-state index in [4.69, 9.17) is 15.6 Å². The predicted molar refractivity (Wildman–Crippen MR) is 122 cm³/mol. The van der Waals surface area contributed by atoms with Gasteiger partial charge < -0.3 is 42.0 Å². The number of amides is 1. The minimum absolute atomic E-state index is 0.0221. The minimum atomic E-state index is -1.44. The number of fused-ring (bicyclic) bond motifs is 1. The zero-order valence-electron chi connectivity index (χ0n) is 18.1. The Balaban J connectivity index is 1.56. The van der Waals surface area contributed by atoms with Crippen LogP contribution >= 0.6 is 0 Å². The number of nitrogens with two attached hydrogens (primary N) is 1. The number of carboxylic acid groups (broad SMARTS) is 2. The predicted octanol–water partition coefficient (Wildman–Crippen LogP) is -0.657. The van der Waals surface area contributed by atoms with E-state index in [1.54, 1.807) is 12.1 Å². The van der Waals surface area contributed by atoms with Crippen molar-refractivity contribution < 1.29 is 29.3 Å². The molecule has 0 aliphatic carbocycles. The molecule has 182 valence electrons. The summed E-state index contributed by atoms with van der Waals surface area (Å²) in [6, 6.07) is 4.70. The second-order valence-corrected chi connectivity index (χ2v) is 7.52. The molecule has 2 aromatic rings. The molecule has 1 aliphatic rings. The number of carboxylic acids is 2. The van der Waals surface area contributed by atoms with Crippen molar-refractivity contribution in [3.8, 4) is 0 Å². The molecule has 0 radical (unpaired) electrons. The molecule has 0 spiro atoms. The summed E-state index contributed by atoms with van der Waals surface area (Å²) in [6.45, 7) is 0.933. The van der Waals surface area contributed by atoms with Gasteiger partial charge in [0.15, 0.2) is 11.9 Å². The molecule has 0 fully saturated rings. The first-order valence-corrected chi connectivity index (χ1v) is 10.2. The van der Waals surface area contributed by atoms with Crippen LogP contribution < -0.4 is 32.6 Å². The Labute approximate surface area is 192 Å². The molecule has 1 amide bonds. The molecule has 3 atom stereocenters. The molecule has 0 saturated carbocycles. The van der Waals surface area contributed by atoms with Gasteiger partial charge in [-0.2, -0.15) is 4.98 Å². The number of nitrogens with zero attached hydrogens (tertiary/aromatic N) is 1. The van der Waals surface area contributed by atoms with Crippen LogP contribution in [-0.4, -0.2) is 76.4 Å². The van der Waals surface area contributed by atoms with Crippen molar-refractivity contribution in [3.63, 3.8) is 0 Å². The largest absolute Gasteiger partial charge is 0.480 e. The fraction of sp³-hybridized carbons (Fsp3) is 0.350. The van der Waals surface area contributed by atoms with Crippen LogP contribution in [0.5, 0.6) is 0 Å². The maximum atomic E-state index is 12.4. The first kappa shape index (κ1) is 24.3. The number of aliphatic carboxylic acids is 2. The second kappa shape index (κ2) is 10.5. The van der Waals surface area contributed by atoms with E-state index in [2.05, 4.69) is 31.2 Å². The van der Waals surface area contributed by atoms with Gasteiger partial charge in [0, 0.05) is 37.9 Å². The number of aromatic nitrogens is 2. The molecule has 0 bridgehead atoms. The third-order valence-corrected chi connectivity index (χ3v) is 5.11. The Hall–Kier alpha value is -4.33. The highest BCUT2D eigenvalue weighted by Gasteiger charge is 2.28. The zero-order chi connectivity index (χ0) is 24.8. The van der Waals surface area contributed by atoms with E-state index in [0.717, 1.165) is 7.11 Å². The molecule has 1 aromatic carbocycles. The molecule has 14 nitrogen and oxygen atoms in total. The van der Waals surface area contributed by atoms with E-state index in [0.29, 0.717) is 30.3 Å². The van der Waals surface area contributed by atoms with Gasteiger partial charge in [-0.25, -0.2) is 9.59 Å². The third kappa shape index (κ3) is 5.92. The van der Waals surface area contributed by atoms with Gasteiger partial charge in [-0.05, 0) is 24.3 Å². The van der Waals surface area contributed by atoms with Crippen LogP contribution in [0.2, 0.25) is 0 Å². The summed E-state index contributed by atoms with van der Waals surface area (Å²) in [5.74, 6) is -2.96. The number of ether oxygens (including phenoxy) is 1. The van der Waals surface area contributed by atoms with Crippen LogP contribution in [0.25, 0.3) is 0 Å². The molecule has 3 unspecified atom stereocenters. The average Bonchev–Trinajstić information content (AvgIpc) is 2.80. The number of methoxy groups -OCH3 is 1. The number of nitrogens with one attached hydrogen (secondary N) is 5. The highest BCUT2D eigenvalue weighted by Crippen LogP contribution is 2.20. The number of carbonyl (C=O) groups excluding carboxylic acids is 1. The number of aromatic amines is 1. The van der Waals surface area contributed by atoms with Crippen LogP contribution in [0.4, 0.5) is 23.1 Å². The summed E-state index contributed by atoms with van der Waals surface area (Å²) in [4.78, 5) is 53.4. The number of rotatable bonds is 10. The number of anilines is 4. The van der Waals surface area contributed by atoms with E-state index >= 15 is 0 Å². The van der Waals surface area contributed by atoms with Crippen molar-refractivity contribution in [3.05, 3.63) is 40.2 Å². The lowest BCUT2D eigenvalue weighted by molar-refractivity contribution is -0.150. The number of hydrogen-bond donors (Lipinski definition) is 8. The topological polar surface area (TPSA) is 221 Å². The summed E-state index contributed by atoms with van der Waals surface area (Å²) in [7, 11) is 1.15. The average molecular weight is 475 g/mol. The number of nitrogen functional groups attached to an aromatic ring is 1. The van der Waals surface area contributed by atoms with Gasteiger partial charge in [0.2, 0.25) is 5.95 Å². The Morgan fingerprint density at radius 1 is 1.24 bits per heavy atom. The van der Waals surface area contributed by atoms with Gasteiger partial charge in [-0.3, -0.25) is 14.6 Å². The molecule has 14 heteroatoms. The molecule has 0 saturated heterocycles. The molecule has 2 heterocycles. The highest BCUT2D eigenvalue weighted by atomic mass is 16.5. The third-order valence-electron chi connectivity index (χ3n) is 5.11. The van der Waals surface area contributed by atoms with Gasteiger partial charge in [0.25, 0.3) is 11.5 Å². The normalized spacial score (nSPS) is 16.2. The van der Waals surface area contributed by atoms with Crippen LogP contribution in [0, 0.1) is 0 Å². The minimum Gasteiger partial charge on any atom is -0.480 e. The quantitative estimate of drug-likeness (QED) is 0.215. The summed E-state index contributed by atoms with van der Waals surface area (Å²) in [5.41, 5.74) is 6.34. The Morgan fingerprint density at radius 2 is 1.94 bits per heavy atom. The number of H-pyrrole nitrogens is 1. The van der Waals surface area contributed by atoms with Crippen molar-refractivity contribution >= 4 is 41.0 Å². The van der Waals surface area contributed by atoms with Gasteiger partial charge in [0.05, 0.1) is 6.04 Å². The molecule has 1 aromatic heterocycles. The number of benzene rings is 1. The molecular formula is C20H25N7O7. The van der Waals surface area contributed by atoms with Crippen molar-refractivity contribution in [1.29, 1.82) is 0 Å². The fourth-order valence-corrected chi connectivity index (χ4v) is 3.31. The maximum Gasteiger partial charge on any atom is 0.332 e. The number of carbonyl (C=O) groups is 3. The van der Waals surface area contributed by atoms with Crippen molar-refractivity contribution in [2.24, 2.45) is 0 Å². The van der Waals surface area contributed by atoms with E-state index in [1.165, 1.54) is 12.1 Å². The first-order valence-electron chi connectivity index (χ1n) is 10.2. The highest BCUT2D eigenvalue weighted by molar-refractivity contribution is 5.97.